The summed E-state index contributed by atoms with van der Waals surface area (Å²) in [4.78, 5) is 12.2. The van der Waals surface area contributed by atoms with Crippen LogP contribution in [0.25, 0.3) is 0 Å². The van der Waals surface area contributed by atoms with Gasteiger partial charge < -0.3 is 10.1 Å². The van der Waals surface area contributed by atoms with Gasteiger partial charge in [0.2, 0.25) is 0 Å². The monoisotopic (exact) mass is 283 g/mol. The lowest BCUT2D eigenvalue weighted by atomic mass is 10.1. The molecule has 2 rings (SSSR count). The molecule has 0 spiro atoms. The van der Waals surface area contributed by atoms with Crippen molar-refractivity contribution in [2.24, 2.45) is 0 Å². The van der Waals surface area contributed by atoms with E-state index < -0.39 is 0 Å². The van der Waals surface area contributed by atoms with E-state index in [1.807, 2.05) is 43.3 Å². The Bertz CT molecular complexity index is 588. The van der Waals surface area contributed by atoms with Crippen LogP contribution >= 0.6 is 0 Å². The average Bonchev–Trinajstić information content (AvgIpc) is 2.49. The largest absolute Gasteiger partial charge is 0.380 e. The highest BCUT2D eigenvalue weighted by Crippen LogP contribution is 2.14. The summed E-state index contributed by atoms with van der Waals surface area (Å²) in [5.74, 6) is -0.0629. The van der Waals surface area contributed by atoms with Crippen LogP contribution in [0.5, 0.6) is 0 Å². The van der Waals surface area contributed by atoms with Crippen molar-refractivity contribution < 1.29 is 9.53 Å². The van der Waals surface area contributed by atoms with Crippen molar-refractivity contribution >= 4 is 5.91 Å². The third-order valence-corrected chi connectivity index (χ3v) is 3.45. The van der Waals surface area contributed by atoms with Crippen molar-refractivity contribution in [3.8, 4) is 0 Å². The molecule has 0 aliphatic rings. The molecule has 0 aliphatic heterocycles. The Hall–Kier alpha value is -2.13. The van der Waals surface area contributed by atoms with Gasteiger partial charge in [0.15, 0.2) is 0 Å². The van der Waals surface area contributed by atoms with Crippen LogP contribution in [0.4, 0.5) is 0 Å². The number of methoxy groups -OCH3 is 1. The predicted molar refractivity (Wildman–Crippen MR) is 84.2 cm³/mol. The van der Waals surface area contributed by atoms with Gasteiger partial charge in [-0.2, -0.15) is 0 Å². The van der Waals surface area contributed by atoms with E-state index in [0.29, 0.717) is 12.2 Å². The van der Waals surface area contributed by atoms with E-state index in [0.717, 1.165) is 11.1 Å². The zero-order valence-electron chi connectivity index (χ0n) is 12.7. The number of nitrogens with one attached hydrogen (secondary N) is 1. The Balaban J connectivity index is 2.01. The van der Waals surface area contributed by atoms with Crippen LogP contribution in [0, 0.1) is 6.92 Å². The molecule has 0 radical (unpaired) electrons. The minimum atomic E-state index is -0.0629. The second kappa shape index (κ2) is 7.04. The van der Waals surface area contributed by atoms with Gasteiger partial charge >= 0.3 is 0 Å². The minimum absolute atomic E-state index is 0.0169. The summed E-state index contributed by atoms with van der Waals surface area (Å²) in [6.07, 6.45) is 0. The maximum Gasteiger partial charge on any atom is 0.251 e. The van der Waals surface area contributed by atoms with Crippen LogP contribution in [-0.2, 0) is 11.3 Å². The molecule has 2 aromatic rings. The van der Waals surface area contributed by atoms with Gasteiger partial charge in [-0.3, -0.25) is 4.79 Å². The summed E-state index contributed by atoms with van der Waals surface area (Å²) < 4.78 is 5.06. The van der Waals surface area contributed by atoms with E-state index in [2.05, 4.69) is 24.4 Å². The molecule has 1 N–H and O–H groups in total. The van der Waals surface area contributed by atoms with E-state index in [4.69, 9.17) is 4.74 Å². The molecule has 3 nitrogen and oxygen atoms in total. The summed E-state index contributed by atoms with van der Waals surface area (Å²) in [5, 5.41) is 3.01. The zero-order chi connectivity index (χ0) is 15.2. The number of ether oxygens (including phenoxy) is 1. The summed E-state index contributed by atoms with van der Waals surface area (Å²) in [5.41, 5.74) is 4.03. The third-order valence-electron chi connectivity index (χ3n) is 3.45. The first-order valence-corrected chi connectivity index (χ1v) is 7.05. The summed E-state index contributed by atoms with van der Waals surface area (Å²) >= 11 is 0. The van der Waals surface area contributed by atoms with Crippen molar-refractivity contribution in [3.63, 3.8) is 0 Å². The lowest BCUT2D eigenvalue weighted by Crippen LogP contribution is -2.26. The normalized spacial score (nSPS) is 12.0. The highest BCUT2D eigenvalue weighted by molar-refractivity contribution is 5.94. The Kier molecular flexibility index (Phi) is 5.12. The number of carbonyl (C=O) groups is 1. The van der Waals surface area contributed by atoms with Gasteiger partial charge in [-0.05, 0) is 37.1 Å². The minimum Gasteiger partial charge on any atom is -0.380 e. The van der Waals surface area contributed by atoms with Crippen LogP contribution in [0.2, 0.25) is 0 Å². The van der Waals surface area contributed by atoms with Crippen LogP contribution in [0.1, 0.15) is 40.0 Å². The van der Waals surface area contributed by atoms with Crippen LogP contribution in [0.15, 0.2) is 48.5 Å². The zero-order valence-corrected chi connectivity index (χ0v) is 12.7. The van der Waals surface area contributed by atoms with Gasteiger partial charge in [-0.15, -0.1) is 0 Å². The predicted octanol–water partition coefficient (Wildman–Crippen LogP) is 3.63. The second-order valence-electron chi connectivity index (χ2n) is 5.24. The van der Waals surface area contributed by atoms with Crippen molar-refractivity contribution in [3.05, 3.63) is 70.8 Å². The Morgan fingerprint density at radius 3 is 2.29 bits per heavy atom. The lowest BCUT2D eigenvalue weighted by molar-refractivity contribution is 0.0940. The Morgan fingerprint density at radius 2 is 1.71 bits per heavy atom. The first-order chi connectivity index (χ1) is 10.1. The molecule has 21 heavy (non-hydrogen) atoms. The quantitative estimate of drug-likeness (QED) is 0.910. The number of hydrogen-bond acceptors (Lipinski definition) is 2. The molecule has 0 heterocycles. The lowest BCUT2D eigenvalue weighted by Gasteiger charge is -2.15. The molecule has 0 saturated carbocycles. The fourth-order valence-corrected chi connectivity index (χ4v) is 2.14. The topological polar surface area (TPSA) is 38.3 Å². The smallest absolute Gasteiger partial charge is 0.251 e. The Morgan fingerprint density at radius 1 is 1.10 bits per heavy atom. The van der Waals surface area contributed by atoms with E-state index in [-0.39, 0.29) is 11.9 Å². The molecule has 0 aromatic heterocycles. The van der Waals surface area contributed by atoms with Gasteiger partial charge in [-0.25, -0.2) is 0 Å². The van der Waals surface area contributed by atoms with Gasteiger partial charge in [0.25, 0.3) is 5.91 Å². The van der Waals surface area contributed by atoms with Crippen LogP contribution in [-0.4, -0.2) is 13.0 Å². The fraction of sp³-hybridized carbons (Fsp3) is 0.278. The van der Waals surface area contributed by atoms with Gasteiger partial charge in [0, 0.05) is 12.7 Å². The first-order valence-electron chi connectivity index (χ1n) is 7.05. The van der Waals surface area contributed by atoms with Gasteiger partial charge in [0.1, 0.15) is 0 Å². The summed E-state index contributed by atoms with van der Waals surface area (Å²) in [7, 11) is 1.66. The molecule has 0 fully saturated rings. The standard InChI is InChI=1S/C18H21NO2/c1-13-4-8-16(9-5-13)14(2)19-18(20)17-10-6-15(7-11-17)12-21-3/h4-11,14H,12H2,1-3H3,(H,19,20). The SMILES string of the molecule is COCc1ccc(C(=O)NC(C)c2ccc(C)cc2)cc1. The number of amides is 1. The molecule has 3 heteroatoms. The molecule has 2 aromatic carbocycles. The highest BCUT2D eigenvalue weighted by atomic mass is 16.5. The number of rotatable bonds is 5. The van der Waals surface area contributed by atoms with Crippen molar-refractivity contribution in [2.75, 3.05) is 7.11 Å². The van der Waals surface area contributed by atoms with E-state index in [1.165, 1.54) is 5.56 Å². The molecule has 1 atom stereocenters. The second-order valence-corrected chi connectivity index (χ2v) is 5.24. The molecule has 110 valence electrons. The molecule has 0 bridgehead atoms. The number of aryl methyl sites for hydroxylation is 1. The summed E-state index contributed by atoms with van der Waals surface area (Å²) in [6, 6.07) is 15.6. The molecule has 0 aliphatic carbocycles. The van der Waals surface area contributed by atoms with E-state index in [1.54, 1.807) is 7.11 Å². The van der Waals surface area contributed by atoms with Crippen molar-refractivity contribution in [1.82, 2.24) is 5.32 Å². The molecular formula is C18H21NO2. The average molecular weight is 283 g/mol. The number of carbonyl (C=O) groups excluding carboxylic acids is 1. The van der Waals surface area contributed by atoms with E-state index in [9.17, 15) is 4.79 Å². The summed E-state index contributed by atoms with van der Waals surface area (Å²) in [6.45, 7) is 4.60. The first kappa shape index (κ1) is 15.3. The maximum atomic E-state index is 12.2. The fourth-order valence-electron chi connectivity index (χ4n) is 2.14. The molecule has 1 amide bonds. The highest BCUT2D eigenvalue weighted by Gasteiger charge is 2.11. The van der Waals surface area contributed by atoms with E-state index >= 15 is 0 Å². The van der Waals surface area contributed by atoms with Crippen molar-refractivity contribution in [1.29, 1.82) is 0 Å². The van der Waals surface area contributed by atoms with Crippen molar-refractivity contribution in [2.45, 2.75) is 26.5 Å². The van der Waals surface area contributed by atoms with Crippen LogP contribution in [0.3, 0.4) is 0 Å². The van der Waals surface area contributed by atoms with Gasteiger partial charge in [-0.1, -0.05) is 42.0 Å². The molecular weight excluding hydrogens is 262 g/mol. The van der Waals surface area contributed by atoms with Crippen LogP contribution < -0.4 is 5.32 Å². The maximum absolute atomic E-state index is 12.2. The number of benzene rings is 2. The third kappa shape index (κ3) is 4.17. The number of hydrogen-bond donors (Lipinski definition) is 1. The molecule has 0 saturated heterocycles. The van der Waals surface area contributed by atoms with Gasteiger partial charge in [0.05, 0.1) is 12.6 Å². The molecule has 1 unspecified atom stereocenters. The Labute approximate surface area is 126 Å².